The molecular formula is C19H13ClF2O3S. The van der Waals surface area contributed by atoms with Crippen molar-refractivity contribution in [1.82, 2.24) is 0 Å². The molecule has 3 aromatic rings. The Morgan fingerprint density at radius 2 is 1.62 bits per heavy atom. The van der Waals surface area contributed by atoms with Gasteiger partial charge in [-0.25, -0.2) is 17.2 Å². The van der Waals surface area contributed by atoms with Gasteiger partial charge in [-0.15, -0.1) is 0 Å². The molecule has 0 aromatic heterocycles. The molecule has 0 saturated carbocycles. The van der Waals surface area contributed by atoms with E-state index in [2.05, 4.69) is 0 Å². The van der Waals surface area contributed by atoms with Crippen LogP contribution in [0.2, 0.25) is 5.02 Å². The lowest BCUT2D eigenvalue weighted by Gasteiger charge is -2.13. The third-order valence-electron chi connectivity index (χ3n) is 3.83. The van der Waals surface area contributed by atoms with Gasteiger partial charge in [-0.3, -0.25) is 0 Å². The van der Waals surface area contributed by atoms with Crippen LogP contribution in [0.3, 0.4) is 0 Å². The second kappa shape index (κ2) is 7.05. The molecule has 0 heterocycles. The van der Waals surface area contributed by atoms with Gasteiger partial charge in [0, 0.05) is 16.1 Å². The topological polar surface area (TPSA) is 43.4 Å². The van der Waals surface area contributed by atoms with Gasteiger partial charge in [-0.05, 0) is 48.5 Å². The van der Waals surface area contributed by atoms with Crippen molar-refractivity contribution in [3.63, 3.8) is 0 Å². The van der Waals surface area contributed by atoms with Gasteiger partial charge in [0.15, 0.2) is 0 Å². The monoisotopic (exact) mass is 394 g/mol. The maximum atomic E-state index is 15.1. The fourth-order valence-electron chi connectivity index (χ4n) is 2.56. The Morgan fingerprint density at radius 1 is 0.923 bits per heavy atom. The van der Waals surface area contributed by atoms with Crippen LogP contribution in [0.25, 0.3) is 11.1 Å². The van der Waals surface area contributed by atoms with Crippen molar-refractivity contribution < 1.29 is 21.9 Å². The Balaban J connectivity index is 2.20. The first-order chi connectivity index (χ1) is 12.3. The summed E-state index contributed by atoms with van der Waals surface area (Å²) in [7, 11) is -2.74. The molecule has 7 heteroatoms. The summed E-state index contributed by atoms with van der Waals surface area (Å²) in [6.07, 6.45) is 0. The zero-order valence-electron chi connectivity index (χ0n) is 13.5. The predicted molar refractivity (Wildman–Crippen MR) is 95.2 cm³/mol. The van der Waals surface area contributed by atoms with Crippen LogP contribution < -0.4 is 4.74 Å². The Bertz CT molecular complexity index is 1060. The third-order valence-corrected chi connectivity index (χ3v) is 5.85. The molecule has 0 spiro atoms. The van der Waals surface area contributed by atoms with Gasteiger partial charge in [-0.2, -0.15) is 0 Å². The van der Waals surface area contributed by atoms with Crippen molar-refractivity contribution in [1.29, 1.82) is 0 Å². The van der Waals surface area contributed by atoms with E-state index in [1.165, 1.54) is 25.3 Å². The van der Waals surface area contributed by atoms with Gasteiger partial charge < -0.3 is 4.74 Å². The summed E-state index contributed by atoms with van der Waals surface area (Å²) in [5.41, 5.74) is 0.362. The molecule has 3 rings (SSSR count). The zero-order valence-corrected chi connectivity index (χ0v) is 15.1. The van der Waals surface area contributed by atoms with Crippen LogP contribution in [-0.4, -0.2) is 15.5 Å². The van der Waals surface area contributed by atoms with Gasteiger partial charge in [0.05, 0.1) is 12.0 Å². The summed E-state index contributed by atoms with van der Waals surface area (Å²) in [5.74, 6) is -1.16. The summed E-state index contributed by atoms with van der Waals surface area (Å²) in [6.45, 7) is 0. The quantitative estimate of drug-likeness (QED) is 0.576. The van der Waals surface area contributed by atoms with Crippen molar-refractivity contribution in [3.05, 3.63) is 77.3 Å². The second-order valence-corrected chi connectivity index (χ2v) is 7.77. The number of halogens is 3. The molecule has 0 amide bonds. The third kappa shape index (κ3) is 3.30. The van der Waals surface area contributed by atoms with E-state index in [1.54, 1.807) is 12.1 Å². The van der Waals surface area contributed by atoms with Crippen molar-refractivity contribution in [2.45, 2.75) is 9.79 Å². The first-order valence-electron chi connectivity index (χ1n) is 7.47. The van der Waals surface area contributed by atoms with Gasteiger partial charge in [-0.1, -0.05) is 23.7 Å². The average molecular weight is 395 g/mol. The van der Waals surface area contributed by atoms with Crippen molar-refractivity contribution in [2.75, 3.05) is 7.11 Å². The van der Waals surface area contributed by atoms with Crippen LogP contribution in [0.15, 0.2) is 70.5 Å². The Morgan fingerprint density at radius 3 is 2.27 bits per heavy atom. The molecule has 0 saturated heterocycles. The molecule has 0 bridgehead atoms. The van der Waals surface area contributed by atoms with Crippen LogP contribution in [0.5, 0.6) is 5.75 Å². The molecule has 0 N–H and O–H groups in total. The van der Waals surface area contributed by atoms with Crippen LogP contribution in [0, 0.1) is 11.6 Å². The SMILES string of the molecule is COc1ccc(Cl)cc1-c1cccc(S(=O)(=O)c2ccc(F)cc2)c1F. The largest absolute Gasteiger partial charge is 0.496 e. The Hall–Kier alpha value is -2.44. The van der Waals surface area contributed by atoms with Gasteiger partial charge in [0.25, 0.3) is 0 Å². The highest BCUT2D eigenvalue weighted by molar-refractivity contribution is 7.91. The molecule has 26 heavy (non-hydrogen) atoms. The Kier molecular flexibility index (Phi) is 4.98. The molecule has 3 aromatic carbocycles. The number of hydrogen-bond acceptors (Lipinski definition) is 3. The fourth-order valence-corrected chi connectivity index (χ4v) is 4.08. The van der Waals surface area contributed by atoms with Crippen LogP contribution >= 0.6 is 11.6 Å². The van der Waals surface area contributed by atoms with Gasteiger partial charge in [0.2, 0.25) is 9.84 Å². The standard InChI is InChI=1S/C19H13ClF2O3S/c1-25-17-10-5-12(20)11-16(17)15-3-2-4-18(19(15)22)26(23,24)14-8-6-13(21)7-9-14/h2-11H,1H3. The van der Waals surface area contributed by atoms with E-state index < -0.39 is 26.4 Å². The summed E-state index contributed by atoms with van der Waals surface area (Å²) in [6, 6.07) is 12.9. The van der Waals surface area contributed by atoms with Crippen LogP contribution in [-0.2, 0) is 9.84 Å². The molecule has 0 atom stereocenters. The summed E-state index contributed by atoms with van der Waals surface area (Å²) in [5, 5.41) is 0.354. The van der Waals surface area contributed by atoms with Crippen LogP contribution in [0.1, 0.15) is 0 Å². The average Bonchev–Trinajstić information content (AvgIpc) is 2.62. The van der Waals surface area contributed by atoms with Crippen LogP contribution in [0.4, 0.5) is 8.78 Å². The highest BCUT2D eigenvalue weighted by atomic mass is 35.5. The van der Waals surface area contributed by atoms with E-state index in [0.717, 1.165) is 30.3 Å². The normalized spacial score (nSPS) is 11.4. The second-order valence-electron chi connectivity index (χ2n) is 5.42. The molecule has 0 aliphatic heterocycles. The van der Waals surface area contributed by atoms with E-state index in [1.807, 2.05) is 0 Å². The number of ether oxygens (including phenoxy) is 1. The highest BCUT2D eigenvalue weighted by Gasteiger charge is 2.25. The summed E-state index contributed by atoms with van der Waals surface area (Å²) in [4.78, 5) is -0.711. The minimum Gasteiger partial charge on any atom is -0.496 e. The summed E-state index contributed by atoms with van der Waals surface area (Å²) >= 11 is 5.98. The van der Waals surface area contributed by atoms with E-state index in [4.69, 9.17) is 16.3 Å². The lowest BCUT2D eigenvalue weighted by atomic mass is 10.0. The maximum absolute atomic E-state index is 15.1. The minimum atomic E-state index is -4.16. The molecule has 0 aliphatic rings. The molecule has 0 aliphatic carbocycles. The molecule has 0 fully saturated rings. The lowest BCUT2D eigenvalue weighted by molar-refractivity contribution is 0.416. The minimum absolute atomic E-state index is 0.0348. The smallest absolute Gasteiger partial charge is 0.209 e. The molecule has 3 nitrogen and oxygen atoms in total. The van der Waals surface area contributed by atoms with E-state index in [-0.39, 0.29) is 10.5 Å². The Labute approximate surface area is 154 Å². The fraction of sp³-hybridized carbons (Fsp3) is 0.0526. The summed E-state index contributed by atoms with van der Waals surface area (Å²) < 4.78 is 58.9. The number of benzene rings is 3. The van der Waals surface area contributed by atoms with Crippen molar-refractivity contribution in [3.8, 4) is 16.9 Å². The lowest BCUT2D eigenvalue weighted by Crippen LogP contribution is -2.06. The van der Waals surface area contributed by atoms with E-state index in [0.29, 0.717) is 16.3 Å². The van der Waals surface area contributed by atoms with E-state index in [9.17, 15) is 12.8 Å². The highest BCUT2D eigenvalue weighted by Crippen LogP contribution is 2.37. The molecule has 0 unspecified atom stereocenters. The first-order valence-corrected chi connectivity index (χ1v) is 9.34. The van der Waals surface area contributed by atoms with Crippen molar-refractivity contribution >= 4 is 21.4 Å². The maximum Gasteiger partial charge on any atom is 0.209 e. The number of methoxy groups -OCH3 is 1. The van der Waals surface area contributed by atoms with E-state index >= 15 is 4.39 Å². The first kappa shape index (κ1) is 18.4. The number of hydrogen-bond donors (Lipinski definition) is 0. The molecule has 134 valence electrons. The zero-order chi connectivity index (χ0) is 18.9. The number of rotatable bonds is 4. The number of sulfone groups is 1. The van der Waals surface area contributed by atoms with Gasteiger partial charge in [0.1, 0.15) is 22.3 Å². The predicted octanol–water partition coefficient (Wildman–Crippen LogP) is 5.13. The van der Waals surface area contributed by atoms with Gasteiger partial charge >= 0.3 is 0 Å². The molecular weight excluding hydrogens is 382 g/mol. The van der Waals surface area contributed by atoms with Crippen molar-refractivity contribution in [2.24, 2.45) is 0 Å². The molecule has 0 radical (unpaired) electrons.